The third kappa shape index (κ3) is 2.50. The van der Waals surface area contributed by atoms with Gasteiger partial charge in [0.25, 0.3) is 0 Å². The van der Waals surface area contributed by atoms with E-state index in [4.69, 9.17) is 0 Å². The van der Waals surface area contributed by atoms with Crippen molar-refractivity contribution in [3.05, 3.63) is 11.9 Å². The standard InChI is InChI=1S/C11H20N4/c1-9-7-13-11(14-9)15-5-3-10(4-6-15)8-12-2/h7,10,12H,3-6,8H2,1-2H3,(H,13,14). The fourth-order valence-electron chi connectivity index (χ4n) is 2.20. The maximum absolute atomic E-state index is 4.37. The van der Waals surface area contributed by atoms with Crippen LogP contribution in [0, 0.1) is 12.8 Å². The van der Waals surface area contributed by atoms with Crippen molar-refractivity contribution in [2.45, 2.75) is 19.8 Å². The second kappa shape index (κ2) is 4.66. The third-order valence-electron chi connectivity index (χ3n) is 3.10. The van der Waals surface area contributed by atoms with Crippen LogP contribution in [0.3, 0.4) is 0 Å². The van der Waals surface area contributed by atoms with E-state index in [1.165, 1.54) is 12.8 Å². The van der Waals surface area contributed by atoms with E-state index in [2.05, 4.69) is 20.2 Å². The van der Waals surface area contributed by atoms with E-state index in [0.717, 1.165) is 37.2 Å². The lowest BCUT2D eigenvalue weighted by atomic mass is 9.97. The van der Waals surface area contributed by atoms with Gasteiger partial charge < -0.3 is 15.2 Å². The van der Waals surface area contributed by atoms with Crippen LogP contribution in [0.25, 0.3) is 0 Å². The van der Waals surface area contributed by atoms with Crippen molar-refractivity contribution in [1.29, 1.82) is 0 Å². The van der Waals surface area contributed by atoms with Crippen LogP contribution >= 0.6 is 0 Å². The Kier molecular flexibility index (Phi) is 3.26. The number of hydrogen-bond acceptors (Lipinski definition) is 3. The molecule has 2 heterocycles. The summed E-state index contributed by atoms with van der Waals surface area (Å²) in [4.78, 5) is 10.0. The molecule has 0 unspecified atom stereocenters. The summed E-state index contributed by atoms with van der Waals surface area (Å²) in [5.41, 5.74) is 1.14. The van der Waals surface area contributed by atoms with Crippen LogP contribution in [-0.2, 0) is 0 Å². The molecular weight excluding hydrogens is 188 g/mol. The number of aryl methyl sites for hydroxylation is 1. The van der Waals surface area contributed by atoms with E-state index >= 15 is 0 Å². The van der Waals surface area contributed by atoms with Crippen LogP contribution < -0.4 is 10.2 Å². The Balaban J connectivity index is 1.88. The van der Waals surface area contributed by atoms with Crippen molar-refractivity contribution in [2.75, 3.05) is 31.6 Å². The average molecular weight is 208 g/mol. The van der Waals surface area contributed by atoms with Gasteiger partial charge in [-0.3, -0.25) is 0 Å². The first kappa shape index (κ1) is 10.5. The monoisotopic (exact) mass is 208 g/mol. The van der Waals surface area contributed by atoms with Gasteiger partial charge in [-0.25, -0.2) is 4.98 Å². The minimum atomic E-state index is 0.835. The average Bonchev–Trinajstić information content (AvgIpc) is 2.67. The Hall–Kier alpha value is -1.03. The minimum Gasteiger partial charge on any atom is -0.342 e. The highest BCUT2D eigenvalue weighted by atomic mass is 15.3. The number of rotatable bonds is 3. The van der Waals surface area contributed by atoms with Crippen molar-refractivity contribution >= 4 is 5.95 Å². The molecule has 84 valence electrons. The van der Waals surface area contributed by atoms with Crippen LogP contribution in [0.1, 0.15) is 18.5 Å². The number of aromatic nitrogens is 2. The molecule has 0 saturated carbocycles. The zero-order valence-corrected chi connectivity index (χ0v) is 9.58. The van der Waals surface area contributed by atoms with Gasteiger partial charge in [0.15, 0.2) is 0 Å². The van der Waals surface area contributed by atoms with Crippen LogP contribution in [-0.4, -0.2) is 36.6 Å². The second-order valence-electron chi connectivity index (χ2n) is 4.38. The number of imidazole rings is 1. The Morgan fingerprint density at radius 1 is 1.53 bits per heavy atom. The largest absolute Gasteiger partial charge is 0.342 e. The SMILES string of the molecule is CNCC1CCN(c2ncc(C)[nH]2)CC1. The van der Waals surface area contributed by atoms with Gasteiger partial charge in [0.1, 0.15) is 0 Å². The normalized spacial score (nSPS) is 18.4. The number of nitrogens with zero attached hydrogens (tertiary/aromatic N) is 2. The van der Waals surface area contributed by atoms with Gasteiger partial charge in [0.2, 0.25) is 5.95 Å². The van der Waals surface area contributed by atoms with Crippen LogP contribution in [0.2, 0.25) is 0 Å². The van der Waals surface area contributed by atoms with Gasteiger partial charge in [-0.2, -0.15) is 0 Å². The lowest BCUT2D eigenvalue weighted by Gasteiger charge is -2.31. The number of anilines is 1. The van der Waals surface area contributed by atoms with Crippen molar-refractivity contribution < 1.29 is 0 Å². The number of aromatic amines is 1. The zero-order chi connectivity index (χ0) is 10.7. The van der Waals surface area contributed by atoms with Gasteiger partial charge in [0.05, 0.1) is 0 Å². The van der Waals surface area contributed by atoms with Gasteiger partial charge in [-0.15, -0.1) is 0 Å². The quantitative estimate of drug-likeness (QED) is 0.783. The van der Waals surface area contributed by atoms with Gasteiger partial charge in [-0.1, -0.05) is 0 Å². The van der Waals surface area contributed by atoms with E-state index in [9.17, 15) is 0 Å². The second-order valence-corrected chi connectivity index (χ2v) is 4.38. The maximum Gasteiger partial charge on any atom is 0.202 e. The highest BCUT2D eigenvalue weighted by molar-refractivity contribution is 5.31. The topological polar surface area (TPSA) is 44.0 Å². The Morgan fingerprint density at radius 3 is 2.80 bits per heavy atom. The number of H-pyrrole nitrogens is 1. The summed E-state index contributed by atoms with van der Waals surface area (Å²) in [5, 5.41) is 3.25. The maximum atomic E-state index is 4.37. The predicted octanol–water partition coefficient (Wildman–Crippen LogP) is 1.15. The molecule has 0 radical (unpaired) electrons. The Morgan fingerprint density at radius 2 is 2.27 bits per heavy atom. The summed E-state index contributed by atoms with van der Waals surface area (Å²) < 4.78 is 0. The van der Waals surface area contributed by atoms with Crippen molar-refractivity contribution in [2.24, 2.45) is 5.92 Å². The molecule has 0 atom stereocenters. The zero-order valence-electron chi connectivity index (χ0n) is 9.58. The lowest BCUT2D eigenvalue weighted by Crippen LogP contribution is -2.37. The molecule has 4 heteroatoms. The molecule has 0 aromatic carbocycles. The predicted molar refractivity (Wildman–Crippen MR) is 62.2 cm³/mol. The number of hydrogen-bond donors (Lipinski definition) is 2. The summed E-state index contributed by atoms with van der Waals surface area (Å²) in [5.74, 6) is 1.87. The highest BCUT2D eigenvalue weighted by Crippen LogP contribution is 2.20. The molecule has 4 nitrogen and oxygen atoms in total. The number of nitrogens with one attached hydrogen (secondary N) is 2. The highest BCUT2D eigenvalue weighted by Gasteiger charge is 2.19. The van der Waals surface area contributed by atoms with Crippen molar-refractivity contribution in [3.63, 3.8) is 0 Å². The molecule has 1 aliphatic heterocycles. The minimum absolute atomic E-state index is 0.835. The molecular formula is C11H20N4. The third-order valence-corrected chi connectivity index (χ3v) is 3.10. The van der Waals surface area contributed by atoms with Gasteiger partial charge >= 0.3 is 0 Å². The van der Waals surface area contributed by atoms with E-state index < -0.39 is 0 Å². The molecule has 0 amide bonds. The molecule has 1 aromatic rings. The van der Waals surface area contributed by atoms with E-state index in [1.807, 2.05) is 20.2 Å². The van der Waals surface area contributed by atoms with Crippen molar-refractivity contribution in [3.8, 4) is 0 Å². The van der Waals surface area contributed by atoms with Crippen LogP contribution in [0.15, 0.2) is 6.20 Å². The fraction of sp³-hybridized carbons (Fsp3) is 0.727. The Labute approximate surface area is 91.1 Å². The van der Waals surface area contributed by atoms with Crippen LogP contribution in [0.5, 0.6) is 0 Å². The molecule has 1 aliphatic rings. The molecule has 15 heavy (non-hydrogen) atoms. The summed E-state index contributed by atoms with van der Waals surface area (Å²) in [7, 11) is 2.03. The van der Waals surface area contributed by atoms with E-state index in [-0.39, 0.29) is 0 Å². The molecule has 0 bridgehead atoms. The molecule has 1 saturated heterocycles. The van der Waals surface area contributed by atoms with Crippen molar-refractivity contribution in [1.82, 2.24) is 15.3 Å². The molecule has 2 N–H and O–H groups in total. The molecule has 2 rings (SSSR count). The molecule has 1 fully saturated rings. The smallest absolute Gasteiger partial charge is 0.202 e. The number of piperidine rings is 1. The summed E-state index contributed by atoms with van der Waals surface area (Å²) in [6.45, 7) is 5.44. The Bertz CT molecular complexity index is 299. The summed E-state index contributed by atoms with van der Waals surface area (Å²) in [6, 6.07) is 0. The molecule has 1 aromatic heterocycles. The molecule has 0 aliphatic carbocycles. The first-order valence-electron chi connectivity index (χ1n) is 5.70. The lowest BCUT2D eigenvalue weighted by molar-refractivity contribution is 0.391. The summed E-state index contributed by atoms with van der Waals surface area (Å²) >= 11 is 0. The fourth-order valence-corrected chi connectivity index (χ4v) is 2.20. The molecule has 0 spiro atoms. The van der Waals surface area contributed by atoms with Gasteiger partial charge in [-0.05, 0) is 39.3 Å². The summed E-state index contributed by atoms with van der Waals surface area (Å²) in [6.07, 6.45) is 4.43. The first-order valence-corrected chi connectivity index (χ1v) is 5.70. The van der Waals surface area contributed by atoms with Gasteiger partial charge in [0, 0.05) is 25.0 Å². The van der Waals surface area contributed by atoms with Crippen LogP contribution in [0.4, 0.5) is 5.95 Å². The first-order chi connectivity index (χ1) is 7.29. The van der Waals surface area contributed by atoms with E-state index in [1.54, 1.807) is 0 Å². The van der Waals surface area contributed by atoms with E-state index in [0.29, 0.717) is 0 Å².